The van der Waals surface area contributed by atoms with E-state index in [2.05, 4.69) is 9.98 Å². The van der Waals surface area contributed by atoms with Gasteiger partial charge < -0.3 is 4.42 Å². The molecule has 0 bridgehead atoms. The molecule has 6 nitrogen and oxygen atoms in total. The third-order valence-corrected chi connectivity index (χ3v) is 4.40. The van der Waals surface area contributed by atoms with Crippen LogP contribution in [0.4, 0.5) is 5.69 Å². The van der Waals surface area contributed by atoms with Crippen molar-refractivity contribution in [2.75, 3.05) is 6.54 Å². The predicted molar refractivity (Wildman–Crippen MR) is 104 cm³/mol. The van der Waals surface area contributed by atoms with Gasteiger partial charge in [0.05, 0.1) is 10.6 Å². The van der Waals surface area contributed by atoms with E-state index in [1.165, 1.54) is 12.1 Å². The summed E-state index contributed by atoms with van der Waals surface area (Å²) in [5.74, 6) is 1.30. The van der Waals surface area contributed by atoms with Gasteiger partial charge in [0.25, 0.3) is 5.69 Å². The monoisotopic (exact) mass is 359 g/mol. The molecule has 0 unspecified atom stereocenters. The molecule has 0 radical (unpaired) electrons. The number of benzene rings is 1. The molecule has 2 aromatic heterocycles. The van der Waals surface area contributed by atoms with Crippen LogP contribution in [0.5, 0.6) is 0 Å². The first kappa shape index (κ1) is 16.9. The lowest BCUT2D eigenvalue weighted by Gasteiger charge is -2.15. The molecule has 0 fully saturated rings. The van der Waals surface area contributed by atoms with Gasteiger partial charge in [0.2, 0.25) is 0 Å². The molecule has 1 aliphatic rings. The highest BCUT2D eigenvalue weighted by molar-refractivity contribution is 6.15. The lowest BCUT2D eigenvalue weighted by atomic mass is 9.96. The van der Waals surface area contributed by atoms with Crippen LogP contribution in [0.3, 0.4) is 0 Å². The minimum Gasteiger partial charge on any atom is -0.457 e. The smallest absolute Gasteiger partial charge is 0.270 e. The molecule has 134 valence electrons. The number of furan rings is 1. The Morgan fingerprint density at radius 2 is 2.00 bits per heavy atom. The number of hydrogen-bond acceptors (Lipinski definition) is 5. The number of allylic oxidation sites excluding steroid dienone is 1. The Morgan fingerprint density at radius 1 is 1.11 bits per heavy atom. The summed E-state index contributed by atoms with van der Waals surface area (Å²) in [6.45, 7) is 0.804. The standard InChI is InChI=1S/C21H17N3O3/c25-24(26)18-7-1-4-15(12-18)20-9-8-19(27-20)13-16-5-3-11-23-21(16)17-6-2-10-22-14-17/h1-2,4,6-10,12-14H,3,5,11H2. The lowest BCUT2D eigenvalue weighted by Crippen LogP contribution is -2.11. The number of non-ortho nitro benzene ring substituents is 1. The van der Waals surface area contributed by atoms with Gasteiger partial charge in [-0.15, -0.1) is 0 Å². The van der Waals surface area contributed by atoms with E-state index in [0.29, 0.717) is 17.1 Å². The molecule has 1 aliphatic heterocycles. The molecule has 6 heteroatoms. The summed E-state index contributed by atoms with van der Waals surface area (Å²) in [7, 11) is 0. The molecular weight excluding hydrogens is 342 g/mol. The second-order valence-corrected chi connectivity index (χ2v) is 6.25. The third kappa shape index (κ3) is 3.69. The fourth-order valence-corrected chi connectivity index (χ4v) is 3.13. The Hall–Kier alpha value is -3.54. The van der Waals surface area contributed by atoms with Gasteiger partial charge in [0.1, 0.15) is 11.5 Å². The van der Waals surface area contributed by atoms with E-state index >= 15 is 0 Å². The molecule has 0 amide bonds. The molecular formula is C21H17N3O3. The van der Waals surface area contributed by atoms with Crippen LogP contribution in [0.25, 0.3) is 17.4 Å². The summed E-state index contributed by atoms with van der Waals surface area (Å²) in [4.78, 5) is 19.4. The highest BCUT2D eigenvalue weighted by Crippen LogP contribution is 2.28. The van der Waals surface area contributed by atoms with Crippen molar-refractivity contribution >= 4 is 17.5 Å². The molecule has 1 aromatic carbocycles. The van der Waals surface area contributed by atoms with Gasteiger partial charge in [-0.3, -0.25) is 20.1 Å². The summed E-state index contributed by atoms with van der Waals surface area (Å²) in [6.07, 6.45) is 7.46. The number of aromatic nitrogens is 1. The maximum atomic E-state index is 11.0. The van der Waals surface area contributed by atoms with E-state index < -0.39 is 4.92 Å². The van der Waals surface area contributed by atoms with Crippen molar-refractivity contribution in [2.45, 2.75) is 12.8 Å². The van der Waals surface area contributed by atoms with Crippen molar-refractivity contribution in [1.29, 1.82) is 0 Å². The van der Waals surface area contributed by atoms with Gasteiger partial charge in [-0.1, -0.05) is 12.1 Å². The van der Waals surface area contributed by atoms with E-state index in [1.54, 1.807) is 18.3 Å². The molecule has 0 N–H and O–H groups in total. The van der Waals surface area contributed by atoms with Crippen LogP contribution >= 0.6 is 0 Å². The fourth-order valence-electron chi connectivity index (χ4n) is 3.13. The fraction of sp³-hybridized carbons (Fsp3) is 0.143. The summed E-state index contributed by atoms with van der Waals surface area (Å²) in [5.41, 5.74) is 3.77. The number of nitro groups is 1. The Bertz CT molecular complexity index is 1040. The van der Waals surface area contributed by atoms with Crippen LogP contribution in [0.15, 0.2) is 75.9 Å². The summed E-state index contributed by atoms with van der Waals surface area (Å²) < 4.78 is 5.92. The van der Waals surface area contributed by atoms with Crippen molar-refractivity contribution in [2.24, 2.45) is 4.99 Å². The topological polar surface area (TPSA) is 81.5 Å². The van der Waals surface area contributed by atoms with Crippen molar-refractivity contribution in [3.05, 3.63) is 87.9 Å². The molecule has 0 atom stereocenters. The highest BCUT2D eigenvalue weighted by atomic mass is 16.6. The first-order valence-corrected chi connectivity index (χ1v) is 8.71. The molecule has 0 aliphatic carbocycles. The van der Waals surface area contributed by atoms with Crippen molar-refractivity contribution in [3.63, 3.8) is 0 Å². The van der Waals surface area contributed by atoms with Gasteiger partial charge in [-0.25, -0.2) is 0 Å². The predicted octanol–water partition coefficient (Wildman–Crippen LogP) is 4.92. The zero-order valence-corrected chi connectivity index (χ0v) is 14.5. The Balaban J connectivity index is 1.65. The first-order chi connectivity index (χ1) is 13.2. The van der Waals surface area contributed by atoms with Crippen LogP contribution in [0, 0.1) is 10.1 Å². The summed E-state index contributed by atoms with van der Waals surface area (Å²) >= 11 is 0. The summed E-state index contributed by atoms with van der Waals surface area (Å²) in [5, 5.41) is 11.0. The molecule has 3 heterocycles. The number of aliphatic imine (C=N–C) groups is 1. The zero-order valence-electron chi connectivity index (χ0n) is 14.5. The quantitative estimate of drug-likeness (QED) is 0.489. The van der Waals surface area contributed by atoms with E-state index in [-0.39, 0.29) is 5.69 Å². The highest BCUT2D eigenvalue weighted by Gasteiger charge is 2.15. The second-order valence-electron chi connectivity index (χ2n) is 6.25. The van der Waals surface area contributed by atoms with Gasteiger partial charge in [0.15, 0.2) is 0 Å². The van der Waals surface area contributed by atoms with E-state index in [1.807, 2.05) is 36.5 Å². The third-order valence-electron chi connectivity index (χ3n) is 4.40. The van der Waals surface area contributed by atoms with Crippen LogP contribution < -0.4 is 0 Å². The van der Waals surface area contributed by atoms with E-state index in [0.717, 1.165) is 36.2 Å². The van der Waals surface area contributed by atoms with Crippen LogP contribution in [0.1, 0.15) is 24.2 Å². The first-order valence-electron chi connectivity index (χ1n) is 8.71. The van der Waals surface area contributed by atoms with Gasteiger partial charge in [0, 0.05) is 42.2 Å². The van der Waals surface area contributed by atoms with Crippen molar-refractivity contribution in [1.82, 2.24) is 4.98 Å². The molecule has 0 saturated heterocycles. The van der Waals surface area contributed by atoms with Gasteiger partial charge in [-0.05, 0) is 48.8 Å². The molecule has 0 spiro atoms. The van der Waals surface area contributed by atoms with Crippen LogP contribution in [0.2, 0.25) is 0 Å². The number of nitro benzene ring substituents is 1. The van der Waals surface area contributed by atoms with E-state index in [4.69, 9.17) is 4.42 Å². The molecule has 3 aromatic rings. The normalized spacial score (nSPS) is 15.6. The van der Waals surface area contributed by atoms with Crippen molar-refractivity contribution < 1.29 is 9.34 Å². The maximum absolute atomic E-state index is 11.0. The zero-order chi connectivity index (χ0) is 18.6. The van der Waals surface area contributed by atoms with Crippen molar-refractivity contribution in [3.8, 4) is 11.3 Å². The summed E-state index contributed by atoms with van der Waals surface area (Å²) in [6, 6.07) is 14.0. The maximum Gasteiger partial charge on any atom is 0.270 e. The minimum atomic E-state index is -0.409. The second kappa shape index (κ2) is 7.37. The number of hydrogen-bond donors (Lipinski definition) is 0. The number of pyridine rings is 1. The van der Waals surface area contributed by atoms with E-state index in [9.17, 15) is 10.1 Å². The van der Waals surface area contributed by atoms with Gasteiger partial charge >= 0.3 is 0 Å². The van der Waals surface area contributed by atoms with Gasteiger partial charge in [-0.2, -0.15) is 0 Å². The number of rotatable bonds is 4. The Kier molecular flexibility index (Phi) is 4.61. The molecule has 4 rings (SSSR count). The molecule has 27 heavy (non-hydrogen) atoms. The average molecular weight is 359 g/mol. The van der Waals surface area contributed by atoms with Crippen LogP contribution in [-0.4, -0.2) is 22.2 Å². The Labute approximate surface area is 156 Å². The number of nitrogens with zero attached hydrogens (tertiary/aromatic N) is 3. The minimum absolute atomic E-state index is 0.0436. The molecule has 0 saturated carbocycles. The Morgan fingerprint density at radius 3 is 2.81 bits per heavy atom. The lowest BCUT2D eigenvalue weighted by molar-refractivity contribution is -0.384. The SMILES string of the molecule is O=[N+]([O-])c1cccc(-c2ccc(C=C3CCCN=C3c3cccnc3)o2)c1. The largest absolute Gasteiger partial charge is 0.457 e. The van der Waals surface area contributed by atoms with Crippen LogP contribution in [-0.2, 0) is 0 Å². The average Bonchev–Trinajstić information content (AvgIpc) is 3.18.